The molecule has 0 spiro atoms. The summed E-state index contributed by atoms with van der Waals surface area (Å²) in [5.74, 6) is 0.384. The van der Waals surface area contributed by atoms with Gasteiger partial charge in [0.1, 0.15) is 12.0 Å². The van der Waals surface area contributed by atoms with E-state index in [2.05, 4.69) is 15.3 Å². The number of halogens is 2. The van der Waals surface area contributed by atoms with Gasteiger partial charge in [-0.2, -0.15) is 4.98 Å². The van der Waals surface area contributed by atoms with Crippen molar-refractivity contribution in [1.29, 1.82) is 0 Å². The maximum Gasteiger partial charge on any atom is 0.255 e. The lowest BCUT2D eigenvalue weighted by Gasteiger charge is -2.10. The van der Waals surface area contributed by atoms with Crippen LogP contribution in [0, 0.1) is 0 Å². The molecule has 0 saturated carbocycles. The molecular weight excluding hydrogens is 218 g/mol. The molecule has 0 saturated heterocycles. The number of hydrogen-bond donors (Lipinski definition) is 2. The highest BCUT2D eigenvalue weighted by Crippen LogP contribution is 2.24. The molecule has 0 aliphatic carbocycles. The molecule has 0 unspecified atom stereocenters. The first-order valence-electron chi connectivity index (χ1n) is 4.90. The van der Waals surface area contributed by atoms with E-state index in [1.807, 2.05) is 6.92 Å². The monoisotopic (exact) mass is 232 g/mol. The van der Waals surface area contributed by atoms with Crippen molar-refractivity contribution in [3.05, 3.63) is 6.33 Å². The zero-order valence-electron chi connectivity index (χ0n) is 8.91. The molecule has 90 valence electrons. The highest BCUT2D eigenvalue weighted by molar-refractivity contribution is 5.66. The maximum atomic E-state index is 12.0. The molecule has 3 N–H and O–H groups in total. The first-order chi connectivity index (χ1) is 7.65. The molecule has 0 radical (unpaired) electrons. The van der Waals surface area contributed by atoms with Gasteiger partial charge in [-0.15, -0.1) is 0 Å². The Morgan fingerprint density at radius 3 is 2.88 bits per heavy atom. The number of anilines is 2. The molecule has 0 aromatic carbocycles. The van der Waals surface area contributed by atoms with Gasteiger partial charge in [-0.1, -0.05) is 6.92 Å². The average molecular weight is 232 g/mol. The number of nitrogen functional groups attached to an aromatic ring is 1. The van der Waals surface area contributed by atoms with Crippen LogP contribution in [0.1, 0.15) is 13.3 Å². The predicted molar refractivity (Wildman–Crippen MR) is 56.7 cm³/mol. The van der Waals surface area contributed by atoms with E-state index in [1.54, 1.807) is 0 Å². The third kappa shape index (κ3) is 3.48. The van der Waals surface area contributed by atoms with Crippen LogP contribution in [0.25, 0.3) is 0 Å². The molecular formula is C9H14F2N4O. The van der Waals surface area contributed by atoms with E-state index in [0.29, 0.717) is 6.61 Å². The third-order valence-electron chi connectivity index (χ3n) is 1.71. The van der Waals surface area contributed by atoms with Gasteiger partial charge in [-0.05, 0) is 6.42 Å². The van der Waals surface area contributed by atoms with Gasteiger partial charge in [0.15, 0.2) is 5.82 Å². The van der Waals surface area contributed by atoms with Gasteiger partial charge >= 0.3 is 0 Å². The van der Waals surface area contributed by atoms with Gasteiger partial charge in [-0.3, -0.25) is 0 Å². The van der Waals surface area contributed by atoms with Gasteiger partial charge in [0.05, 0.1) is 13.2 Å². The number of alkyl halides is 2. The van der Waals surface area contributed by atoms with E-state index in [0.717, 1.165) is 6.42 Å². The summed E-state index contributed by atoms with van der Waals surface area (Å²) >= 11 is 0. The fourth-order valence-corrected chi connectivity index (χ4v) is 1.01. The molecule has 0 amide bonds. The second-order valence-corrected chi connectivity index (χ2v) is 3.06. The fraction of sp³-hybridized carbons (Fsp3) is 0.556. The summed E-state index contributed by atoms with van der Waals surface area (Å²) in [5.41, 5.74) is 5.80. The zero-order valence-corrected chi connectivity index (χ0v) is 8.91. The van der Waals surface area contributed by atoms with Gasteiger partial charge in [0.2, 0.25) is 5.88 Å². The van der Waals surface area contributed by atoms with Crippen LogP contribution in [-0.2, 0) is 0 Å². The van der Waals surface area contributed by atoms with Crippen LogP contribution in [0.5, 0.6) is 5.88 Å². The van der Waals surface area contributed by atoms with Crippen molar-refractivity contribution in [2.45, 2.75) is 19.8 Å². The summed E-state index contributed by atoms with van der Waals surface area (Å²) < 4.78 is 29.2. The quantitative estimate of drug-likeness (QED) is 0.778. The van der Waals surface area contributed by atoms with Crippen LogP contribution in [-0.4, -0.2) is 29.5 Å². The summed E-state index contributed by atoms with van der Waals surface area (Å²) in [4.78, 5) is 7.58. The predicted octanol–water partition coefficient (Wildman–Crippen LogP) is 1.52. The molecule has 1 aromatic rings. The fourth-order valence-electron chi connectivity index (χ4n) is 1.01. The summed E-state index contributed by atoms with van der Waals surface area (Å²) in [6.45, 7) is 1.90. The summed E-state index contributed by atoms with van der Waals surface area (Å²) in [6, 6.07) is 0. The van der Waals surface area contributed by atoms with E-state index in [-0.39, 0.29) is 17.4 Å². The molecule has 0 atom stereocenters. The van der Waals surface area contributed by atoms with Crippen molar-refractivity contribution >= 4 is 11.5 Å². The van der Waals surface area contributed by atoms with Gasteiger partial charge < -0.3 is 15.8 Å². The van der Waals surface area contributed by atoms with Gasteiger partial charge in [0, 0.05) is 0 Å². The number of nitrogens with zero attached hydrogens (tertiary/aromatic N) is 2. The Hall–Kier alpha value is -1.66. The Balaban J connectivity index is 2.70. The van der Waals surface area contributed by atoms with Crippen LogP contribution in [0.2, 0.25) is 0 Å². The van der Waals surface area contributed by atoms with Crippen molar-refractivity contribution < 1.29 is 13.5 Å². The van der Waals surface area contributed by atoms with Gasteiger partial charge in [0.25, 0.3) is 6.43 Å². The maximum absolute atomic E-state index is 12.0. The molecule has 0 fully saturated rings. The van der Waals surface area contributed by atoms with Crippen molar-refractivity contribution in [2.24, 2.45) is 0 Å². The molecule has 0 aliphatic rings. The van der Waals surface area contributed by atoms with Crippen molar-refractivity contribution in [1.82, 2.24) is 9.97 Å². The smallest absolute Gasteiger partial charge is 0.255 e. The van der Waals surface area contributed by atoms with Gasteiger partial charge in [-0.25, -0.2) is 13.8 Å². The number of aromatic nitrogens is 2. The lowest BCUT2D eigenvalue weighted by atomic mass is 10.4. The van der Waals surface area contributed by atoms with Crippen LogP contribution in [0.3, 0.4) is 0 Å². The Morgan fingerprint density at radius 2 is 2.25 bits per heavy atom. The minimum Gasteiger partial charge on any atom is -0.476 e. The Kier molecular flexibility index (Phi) is 4.68. The van der Waals surface area contributed by atoms with Crippen molar-refractivity contribution in [3.63, 3.8) is 0 Å². The lowest BCUT2D eigenvalue weighted by molar-refractivity contribution is 0.163. The van der Waals surface area contributed by atoms with E-state index in [9.17, 15) is 8.78 Å². The number of hydrogen-bond acceptors (Lipinski definition) is 5. The second kappa shape index (κ2) is 6.04. The molecule has 16 heavy (non-hydrogen) atoms. The zero-order chi connectivity index (χ0) is 12.0. The Morgan fingerprint density at radius 1 is 1.50 bits per heavy atom. The van der Waals surface area contributed by atoms with Crippen LogP contribution in [0.4, 0.5) is 20.3 Å². The first kappa shape index (κ1) is 12.4. The van der Waals surface area contributed by atoms with Crippen LogP contribution >= 0.6 is 0 Å². The van der Waals surface area contributed by atoms with E-state index in [4.69, 9.17) is 10.5 Å². The minimum atomic E-state index is -2.46. The largest absolute Gasteiger partial charge is 0.476 e. The second-order valence-electron chi connectivity index (χ2n) is 3.06. The van der Waals surface area contributed by atoms with Crippen LogP contribution in [0.15, 0.2) is 6.33 Å². The summed E-state index contributed by atoms with van der Waals surface area (Å²) in [5, 5.41) is 2.42. The van der Waals surface area contributed by atoms with E-state index < -0.39 is 13.0 Å². The number of rotatable bonds is 6. The average Bonchev–Trinajstić information content (AvgIpc) is 2.26. The number of nitrogens with two attached hydrogens (primary N) is 1. The third-order valence-corrected chi connectivity index (χ3v) is 1.71. The molecule has 1 rings (SSSR count). The lowest BCUT2D eigenvalue weighted by Crippen LogP contribution is -2.14. The minimum absolute atomic E-state index is 0.150. The highest BCUT2D eigenvalue weighted by atomic mass is 19.3. The molecule has 0 aliphatic heterocycles. The van der Waals surface area contributed by atoms with Crippen LogP contribution < -0.4 is 15.8 Å². The molecule has 0 bridgehead atoms. The SMILES string of the molecule is CCCOc1ncnc(NCC(F)F)c1N. The Labute approximate surface area is 92.0 Å². The number of ether oxygens (including phenoxy) is 1. The highest BCUT2D eigenvalue weighted by Gasteiger charge is 2.10. The number of nitrogens with one attached hydrogen (secondary N) is 1. The van der Waals surface area contributed by atoms with E-state index in [1.165, 1.54) is 6.33 Å². The van der Waals surface area contributed by atoms with Crippen molar-refractivity contribution in [2.75, 3.05) is 24.2 Å². The molecule has 1 heterocycles. The molecule has 7 heteroatoms. The van der Waals surface area contributed by atoms with E-state index >= 15 is 0 Å². The Bertz CT molecular complexity index is 335. The normalized spacial score (nSPS) is 10.5. The first-order valence-corrected chi connectivity index (χ1v) is 4.90. The van der Waals surface area contributed by atoms with Crippen molar-refractivity contribution in [3.8, 4) is 5.88 Å². The standard InChI is InChI=1S/C9H14F2N4O/c1-2-3-16-9-7(12)8(14-5-15-9)13-4-6(10)11/h5-6H,2-4,12H2,1H3,(H,13,14,15). The molecule has 1 aromatic heterocycles. The topological polar surface area (TPSA) is 73.1 Å². The summed E-state index contributed by atoms with van der Waals surface area (Å²) in [7, 11) is 0. The summed E-state index contributed by atoms with van der Waals surface area (Å²) in [6.07, 6.45) is -0.437. The molecule has 5 nitrogen and oxygen atoms in total.